The summed E-state index contributed by atoms with van der Waals surface area (Å²) in [6.07, 6.45) is 0. The summed E-state index contributed by atoms with van der Waals surface area (Å²) in [5.41, 5.74) is 0.885. The number of thiophene rings is 1. The molecule has 1 amide bonds. The zero-order valence-corrected chi connectivity index (χ0v) is 13.3. The van der Waals surface area contributed by atoms with Gasteiger partial charge in [0.25, 0.3) is 5.91 Å². The van der Waals surface area contributed by atoms with Crippen LogP contribution in [0.25, 0.3) is 0 Å². The van der Waals surface area contributed by atoms with Crippen molar-refractivity contribution in [2.24, 2.45) is 0 Å². The van der Waals surface area contributed by atoms with Gasteiger partial charge in [0.15, 0.2) is 0 Å². The Balaban J connectivity index is 1.88. The fraction of sp³-hybridized carbons (Fsp3) is 0.429. The van der Waals surface area contributed by atoms with E-state index in [9.17, 15) is 9.59 Å². The van der Waals surface area contributed by atoms with Crippen molar-refractivity contribution in [3.05, 3.63) is 33.5 Å². The normalized spacial score (nSPS) is 18.8. The summed E-state index contributed by atoms with van der Waals surface area (Å²) in [5, 5.41) is 2.91. The summed E-state index contributed by atoms with van der Waals surface area (Å²) in [7, 11) is 0. The van der Waals surface area contributed by atoms with E-state index in [1.54, 1.807) is 19.1 Å². The average molecular weight is 329 g/mol. The van der Waals surface area contributed by atoms with E-state index in [0.29, 0.717) is 28.9 Å². The van der Waals surface area contributed by atoms with Gasteiger partial charge < -0.3 is 10.1 Å². The van der Waals surface area contributed by atoms with E-state index in [4.69, 9.17) is 16.3 Å². The number of likely N-dealkylation sites (tertiary alicyclic amines) is 1. The molecule has 0 spiro atoms. The lowest BCUT2D eigenvalue weighted by molar-refractivity contribution is -0.144. The van der Waals surface area contributed by atoms with Crippen molar-refractivity contribution >= 4 is 34.8 Å². The maximum Gasteiger partial charge on any atom is 0.320 e. The van der Waals surface area contributed by atoms with Crippen LogP contribution in [0, 0.1) is 0 Å². The second-order valence-electron chi connectivity index (χ2n) is 4.76. The molecule has 0 aromatic carbocycles. The maximum absolute atomic E-state index is 12.1. The predicted octanol–water partition coefficient (Wildman–Crippen LogP) is 1.93. The molecule has 7 heteroatoms. The second-order valence-corrected chi connectivity index (χ2v) is 6.48. The summed E-state index contributed by atoms with van der Waals surface area (Å²) in [6, 6.07) is 3.22. The molecule has 1 aromatic heterocycles. The molecule has 2 heterocycles. The van der Waals surface area contributed by atoms with E-state index in [2.05, 4.69) is 11.9 Å². The Kier molecular flexibility index (Phi) is 5.39. The molecule has 1 N–H and O–H groups in total. The van der Waals surface area contributed by atoms with Gasteiger partial charge in [0.2, 0.25) is 0 Å². The largest absolute Gasteiger partial charge is 0.465 e. The molecular formula is C14H17ClN2O3S. The number of hydrogen-bond donors (Lipinski definition) is 1. The topological polar surface area (TPSA) is 58.6 Å². The molecule has 1 aliphatic heterocycles. The molecule has 1 atom stereocenters. The first kappa shape index (κ1) is 16.0. The second kappa shape index (κ2) is 7.06. The van der Waals surface area contributed by atoms with Crippen LogP contribution in [0.5, 0.6) is 0 Å². The Morgan fingerprint density at radius 2 is 2.33 bits per heavy atom. The first-order valence-corrected chi connectivity index (χ1v) is 7.81. The van der Waals surface area contributed by atoms with E-state index in [-0.39, 0.29) is 24.5 Å². The van der Waals surface area contributed by atoms with Crippen LogP contribution in [-0.2, 0) is 9.53 Å². The number of hydrogen-bond acceptors (Lipinski definition) is 5. The van der Waals surface area contributed by atoms with E-state index in [1.165, 1.54) is 11.3 Å². The minimum absolute atomic E-state index is 0.159. The Labute approximate surface area is 132 Å². The summed E-state index contributed by atoms with van der Waals surface area (Å²) in [5.74, 6) is -0.432. The number of carbonyl (C=O) groups excluding carboxylic acids is 2. The van der Waals surface area contributed by atoms with Crippen LogP contribution in [0.4, 0.5) is 0 Å². The van der Waals surface area contributed by atoms with Crippen LogP contribution in [-0.4, -0.2) is 49.1 Å². The molecule has 1 aliphatic rings. The van der Waals surface area contributed by atoms with Gasteiger partial charge >= 0.3 is 5.97 Å². The van der Waals surface area contributed by atoms with E-state index in [0.717, 1.165) is 5.57 Å². The van der Waals surface area contributed by atoms with E-state index >= 15 is 0 Å². The van der Waals surface area contributed by atoms with Crippen molar-refractivity contribution in [1.82, 2.24) is 10.2 Å². The van der Waals surface area contributed by atoms with Crippen molar-refractivity contribution in [2.45, 2.75) is 13.0 Å². The lowest BCUT2D eigenvalue weighted by atomic mass is 10.2. The lowest BCUT2D eigenvalue weighted by Crippen LogP contribution is -2.38. The fourth-order valence-electron chi connectivity index (χ4n) is 2.17. The third kappa shape index (κ3) is 4.30. The SMILES string of the molecule is C=C1CN(CC(=O)OCC)CC1NC(=O)c1ccc(Cl)s1. The minimum Gasteiger partial charge on any atom is -0.465 e. The highest BCUT2D eigenvalue weighted by Crippen LogP contribution is 2.22. The molecule has 1 aromatic rings. The van der Waals surface area contributed by atoms with Crippen LogP contribution in [0.2, 0.25) is 4.34 Å². The number of nitrogens with zero attached hydrogens (tertiary/aromatic N) is 1. The highest BCUT2D eigenvalue weighted by atomic mass is 35.5. The molecule has 1 fully saturated rings. The van der Waals surface area contributed by atoms with E-state index < -0.39 is 0 Å². The monoisotopic (exact) mass is 328 g/mol. The molecule has 2 rings (SSSR count). The molecule has 0 radical (unpaired) electrons. The first-order valence-electron chi connectivity index (χ1n) is 6.61. The third-order valence-corrected chi connectivity index (χ3v) is 4.35. The van der Waals surface area contributed by atoms with Crippen molar-refractivity contribution in [3.63, 3.8) is 0 Å². The van der Waals surface area contributed by atoms with Crippen LogP contribution in [0.3, 0.4) is 0 Å². The number of amides is 1. The van der Waals surface area contributed by atoms with Gasteiger partial charge in [0.1, 0.15) is 0 Å². The van der Waals surface area contributed by atoms with E-state index in [1.807, 2.05) is 4.90 Å². The van der Waals surface area contributed by atoms with Crippen molar-refractivity contribution in [3.8, 4) is 0 Å². The summed E-state index contributed by atoms with van der Waals surface area (Å²) in [6.45, 7) is 7.45. The van der Waals surface area contributed by atoms with Gasteiger partial charge in [-0.3, -0.25) is 14.5 Å². The molecular weight excluding hydrogens is 312 g/mol. The predicted molar refractivity (Wildman–Crippen MR) is 82.8 cm³/mol. The smallest absolute Gasteiger partial charge is 0.320 e. The fourth-order valence-corrected chi connectivity index (χ4v) is 3.12. The Hall–Kier alpha value is -1.37. The highest BCUT2D eigenvalue weighted by Gasteiger charge is 2.29. The average Bonchev–Trinajstić information content (AvgIpc) is 2.97. The molecule has 0 saturated carbocycles. The molecule has 0 bridgehead atoms. The molecule has 5 nitrogen and oxygen atoms in total. The van der Waals surface area contributed by atoms with Gasteiger partial charge in [-0.05, 0) is 24.6 Å². The van der Waals surface area contributed by atoms with Gasteiger partial charge in [0, 0.05) is 13.1 Å². The number of rotatable bonds is 5. The summed E-state index contributed by atoms with van der Waals surface area (Å²) in [4.78, 5) is 26.0. The minimum atomic E-state index is -0.262. The number of esters is 1. The van der Waals surface area contributed by atoms with Crippen molar-refractivity contribution in [2.75, 3.05) is 26.2 Å². The van der Waals surface area contributed by atoms with Crippen LogP contribution in [0.1, 0.15) is 16.6 Å². The van der Waals surface area contributed by atoms with Crippen molar-refractivity contribution in [1.29, 1.82) is 0 Å². The van der Waals surface area contributed by atoms with Crippen LogP contribution < -0.4 is 5.32 Å². The van der Waals surface area contributed by atoms with Crippen molar-refractivity contribution < 1.29 is 14.3 Å². The Bertz CT molecular complexity index is 558. The van der Waals surface area contributed by atoms with Gasteiger partial charge in [-0.2, -0.15) is 0 Å². The number of halogens is 1. The molecule has 114 valence electrons. The third-order valence-electron chi connectivity index (χ3n) is 3.12. The molecule has 1 saturated heterocycles. The zero-order valence-electron chi connectivity index (χ0n) is 11.7. The van der Waals surface area contributed by atoms with Gasteiger partial charge in [-0.1, -0.05) is 18.2 Å². The standard InChI is InChI=1S/C14H17ClN2O3S/c1-3-20-13(18)8-17-6-9(2)10(7-17)16-14(19)11-4-5-12(15)21-11/h4-5,10H,2-3,6-8H2,1H3,(H,16,19). The lowest BCUT2D eigenvalue weighted by Gasteiger charge is -2.15. The van der Waals surface area contributed by atoms with Crippen LogP contribution in [0.15, 0.2) is 24.3 Å². The number of carbonyl (C=O) groups is 2. The summed E-state index contributed by atoms with van der Waals surface area (Å²) >= 11 is 7.06. The highest BCUT2D eigenvalue weighted by molar-refractivity contribution is 7.18. The van der Waals surface area contributed by atoms with Gasteiger partial charge in [-0.25, -0.2) is 0 Å². The number of ether oxygens (including phenoxy) is 1. The van der Waals surface area contributed by atoms with Gasteiger partial charge in [0.05, 0.1) is 28.4 Å². The molecule has 21 heavy (non-hydrogen) atoms. The Morgan fingerprint density at radius 1 is 1.57 bits per heavy atom. The summed E-state index contributed by atoms with van der Waals surface area (Å²) < 4.78 is 5.49. The number of nitrogens with one attached hydrogen (secondary N) is 1. The molecule has 0 aliphatic carbocycles. The maximum atomic E-state index is 12.1. The van der Waals surface area contributed by atoms with Crippen LogP contribution >= 0.6 is 22.9 Å². The molecule has 1 unspecified atom stereocenters. The zero-order chi connectivity index (χ0) is 15.4. The quantitative estimate of drug-likeness (QED) is 0.663. The Morgan fingerprint density at radius 3 is 2.95 bits per heavy atom. The first-order chi connectivity index (χ1) is 9.99. The van der Waals surface area contributed by atoms with Gasteiger partial charge in [-0.15, -0.1) is 11.3 Å².